The van der Waals surface area contributed by atoms with E-state index in [-0.39, 0.29) is 24.5 Å². The summed E-state index contributed by atoms with van der Waals surface area (Å²) < 4.78 is 7.27. The zero-order chi connectivity index (χ0) is 16.3. The predicted octanol–water partition coefficient (Wildman–Crippen LogP) is 2.36. The van der Waals surface area contributed by atoms with Gasteiger partial charge in [-0.3, -0.25) is 14.5 Å². The van der Waals surface area contributed by atoms with Crippen molar-refractivity contribution in [2.45, 2.75) is 46.3 Å². The quantitative estimate of drug-likeness (QED) is 0.859. The highest BCUT2D eigenvalue weighted by atomic mass is 16.6. The molecule has 0 bridgehead atoms. The highest BCUT2D eigenvalue weighted by Gasteiger charge is 2.23. The van der Waals surface area contributed by atoms with Gasteiger partial charge in [-0.1, -0.05) is 19.9 Å². The van der Waals surface area contributed by atoms with Crippen LogP contribution >= 0.6 is 0 Å². The Morgan fingerprint density at radius 2 is 2.05 bits per heavy atom. The summed E-state index contributed by atoms with van der Waals surface area (Å²) in [6.45, 7) is 9.87. The van der Waals surface area contributed by atoms with E-state index in [0.717, 1.165) is 11.5 Å². The van der Waals surface area contributed by atoms with Crippen LogP contribution in [0.2, 0.25) is 0 Å². The van der Waals surface area contributed by atoms with E-state index in [1.807, 2.05) is 49.6 Å². The number of ether oxygens (including phenoxy) is 1. The summed E-state index contributed by atoms with van der Waals surface area (Å²) in [4.78, 5) is 11.9. The molecule has 2 rings (SSSR count). The third-order valence-electron chi connectivity index (χ3n) is 3.17. The molecule has 2 heterocycles. The first kappa shape index (κ1) is 16.4. The normalized spacial score (nSPS) is 13.5. The van der Waals surface area contributed by atoms with Gasteiger partial charge in [0.1, 0.15) is 5.60 Å². The van der Waals surface area contributed by atoms with Crippen molar-refractivity contribution in [3.05, 3.63) is 30.2 Å². The summed E-state index contributed by atoms with van der Waals surface area (Å²) in [7, 11) is 0. The number of aromatic nitrogens is 3. The van der Waals surface area contributed by atoms with Crippen LogP contribution in [-0.4, -0.2) is 32.7 Å². The molecule has 0 aliphatic heterocycles. The fourth-order valence-electron chi connectivity index (χ4n) is 2.27. The van der Waals surface area contributed by atoms with Gasteiger partial charge in [0.05, 0.1) is 12.6 Å². The molecule has 0 amide bonds. The Balaban J connectivity index is 2.12. The average Bonchev–Trinajstić information content (AvgIpc) is 2.81. The number of nitrogens with zero attached hydrogens (tertiary/aromatic N) is 3. The second-order valence-corrected chi connectivity index (χ2v) is 6.68. The molecule has 1 N–H and O–H groups in total. The van der Waals surface area contributed by atoms with Crippen molar-refractivity contribution < 1.29 is 9.53 Å². The molecule has 0 saturated carbocycles. The number of pyridine rings is 1. The number of carbonyl (C=O) groups excluding carboxylic acids is 1. The summed E-state index contributed by atoms with van der Waals surface area (Å²) in [5.74, 6) is 0.788. The minimum absolute atomic E-state index is 0.0788. The molecule has 0 aliphatic rings. The van der Waals surface area contributed by atoms with E-state index in [9.17, 15) is 4.79 Å². The molecule has 2 aromatic heterocycles. The van der Waals surface area contributed by atoms with Crippen LogP contribution in [-0.2, 0) is 9.53 Å². The maximum Gasteiger partial charge on any atom is 0.320 e. The fraction of sp³-hybridized carbons (Fsp3) is 0.562. The van der Waals surface area contributed by atoms with E-state index in [2.05, 4.69) is 29.4 Å². The first-order chi connectivity index (χ1) is 10.3. The molecule has 0 aliphatic carbocycles. The summed E-state index contributed by atoms with van der Waals surface area (Å²) in [6, 6.07) is 5.68. The molecule has 2 aromatic rings. The molecule has 1 atom stereocenters. The van der Waals surface area contributed by atoms with Crippen molar-refractivity contribution in [2.24, 2.45) is 5.92 Å². The van der Waals surface area contributed by atoms with Gasteiger partial charge in [0.2, 0.25) is 0 Å². The smallest absolute Gasteiger partial charge is 0.320 e. The third-order valence-corrected chi connectivity index (χ3v) is 3.17. The average molecular weight is 304 g/mol. The van der Waals surface area contributed by atoms with E-state index in [1.54, 1.807) is 0 Å². The van der Waals surface area contributed by atoms with Crippen LogP contribution in [0.5, 0.6) is 0 Å². The van der Waals surface area contributed by atoms with Gasteiger partial charge in [0.25, 0.3) is 0 Å². The molecule has 0 aromatic carbocycles. The van der Waals surface area contributed by atoms with E-state index in [0.29, 0.717) is 0 Å². The first-order valence-electron chi connectivity index (χ1n) is 7.53. The second-order valence-electron chi connectivity index (χ2n) is 6.68. The van der Waals surface area contributed by atoms with Gasteiger partial charge in [0, 0.05) is 6.20 Å². The predicted molar refractivity (Wildman–Crippen MR) is 84.4 cm³/mol. The third kappa shape index (κ3) is 4.04. The zero-order valence-electron chi connectivity index (χ0n) is 13.8. The van der Waals surface area contributed by atoms with Gasteiger partial charge in [0.15, 0.2) is 11.5 Å². The van der Waals surface area contributed by atoms with E-state index < -0.39 is 5.60 Å². The molecule has 0 saturated heterocycles. The highest BCUT2D eigenvalue weighted by Crippen LogP contribution is 2.20. The van der Waals surface area contributed by atoms with Crippen molar-refractivity contribution in [1.82, 2.24) is 19.9 Å². The first-order valence-corrected chi connectivity index (χ1v) is 7.53. The van der Waals surface area contributed by atoms with Crippen LogP contribution in [0.15, 0.2) is 24.4 Å². The van der Waals surface area contributed by atoms with Crippen LogP contribution in [0.4, 0.5) is 0 Å². The van der Waals surface area contributed by atoms with Gasteiger partial charge in [-0.15, -0.1) is 10.2 Å². The highest BCUT2D eigenvalue weighted by molar-refractivity contribution is 5.72. The van der Waals surface area contributed by atoms with Crippen LogP contribution in [0.1, 0.15) is 46.5 Å². The van der Waals surface area contributed by atoms with E-state index in [4.69, 9.17) is 4.74 Å². The van der Waals surface area contributed by atoms with Crippen molar-refractivity contribution in [3.63, 3.8) is 0 Å². The molecule has 0 unspecified atom stereocenters. The molecule has 22 heavy (non-hydrogen) atoms. The maximum absolute atomic E-state index is 11.9. The molecule has 0 radical (unpaired) electrons. The number of fused-ring (bicyclic) bond motifs is 1. The van der Waals surface area contributed by atoms with E-state index >= 15 is 0 Å². The van der Waals surface area contributed by atoms with Crippen LogP contribution in [0, 0.1) is 5.92 Å². The standard InChI is InChI=1S/C16H24N4O2/c1-11(2)14(17-10-13(21)22-16(3,4)5)15-19-18-12-8-6-7-9-20(12)15/h6-9,11,14,17H,10H2,1-5H3/t14-/m1/s1. The molecular weight excluding hydrogens is 280 g/mol. The lowest BCUT2D eigenvalue weighted by Gasteiger charge is -2.23. The Morgan fingerprint density at radius 1 is 1.32 bits per heavy atom. The number of esters is 1. The van der Waals surface area contributed by atoms with Gasteiger partial charge >= 0.3 is 5.97 Å². The van der Waals surface area contributed by atoms with Crippen molar-refractivity contribution in [3.8, 4) is 0 Å². The second kappa shape index (κ2) is 6.44. The lowest BCUT2D eigenvalue weighted by atomic mass is 10.0. The Kier molecular flexibility index (Phi) is 4.81. The Labute approximate surface area is 130 Å². The minimum Gasteiger partial charge on any atom is -0.459 e. The number of hydrogen-bond donors (Lipinski definition) is 1. The van der Waals surface area contributed by atoms with Gasteiger partial charge in [-0.05, 0) is 38.8 Å². The Bertz CT molecular complexity index is 643. The van der Waals surface area contributed by atoms with Gasteiger partial charge in [-0.25, -0.2) is 0 Å². The topological polar surface area (TPSA) is 68.5 Å². The number of rotatable bonds is 5. The molecule has 120 valence electrons. The monoisotopic (exact) mass is 304 g/mol. The van der Waals surface area contributed by atoms with Gasteiger partial charge < -0.3 is 4.74 Å². The number of carbonyl (C=O) groups is 1. The Hall–Kier alpha value is -1.95. The molecule has 6 heteroatoms. The van der Waals surface area contributed by atoms with Crippen LogP contribution in [0.3, 0.4) is 0 Å². The summed E-state index contributed by atoms with van der Waals surface area (Å²) in [6.07, 6.45) is 1.93. The van der Waals surface area contributed by atoms with Crippen LogP contribution in [0.25, 0.3) is 5.65 Å². The lowest BCUT2D eigenvalue weighted by molar-refractivity contribution is -0.153. The summed E-state index contributed by atoms with van der Waals surface area (Å²) in [5, 5.41) is 11.7. The van der Waals surface area contributed by atoms with E-state index in [1.165, 1.54) is 0 Å². The molecule has 0 fully saturated rings. The molecule has 0 spiro atoms. The maximum atomic E-state index is 11.9. The van der Waals surface area contributed by atoms with Crippen molar-refractivity contribution in [1.29, 1.82) is 0 Å². The SMILES string of the molecule is CC(C)[C@@H](NCC(=O)OC(C)(C)C)c1nnc2ccccn12. The van der Waals surface area contributed by atoms with Crippen LogP contribution < -0.4 is 5.32 Å². The molecular formula is C16H24N4O2. The number of nitrogens with one attached hydrogen (secondary N) is 1. The van der Waals surface area contributed by atoms with Crippen molar-refractivity contribution >= 4 is 11.6 Å². The minimum atomic E-state index is -0.479. The fourth-order valence-corrected chi connectivity index (χ4v) is 2.27. The summed E-state index contributed by atoms with van der Waals surface area (Å²) in [5.41, 5.74) is 0.315. The van der Waals surface area contributed by atoms with Crippen molar-refractivity contribution in [2.75, 3.05) is 6.54 Å². The lowest BCUT2D eigenvalue weighted by Crippen LogP contribution is -2.35. The Morgan fingerprint density at radius 3 is 2.68 bits per heavy atom. The molecule has 6 nitrogen and oxygen atoms in total. The van der Waals surface area contributed by atoms with Gasteiger partial charge in [-0.2, -0.15) is 0 Å². The summed E-state index contributed by atoms with van der Waals surface area (Å²) >= 11 is 0. The largest absolute Gasteiger partial charge is 0.459 e. The zero-order valence-corrected chi connectivity index (χ0v) is 13.8. The number of hydrogen-bond acceptors (Lipinski definition) is 5.